The molecule has 0 fully saturated rings. The molecular weight excluding hydrogens is 324 g/mol. The molecule has 2 aromatic carbocycles. The first-order valence-electron chi connectivity index (χ1n) is 7.43. The molecule has 0 saturated heterocycles. The lowest BCUT2D eigenvalue weighted by atomic mass is 10.1. The van der Waals surface area contributed by atoms with Crippen LogP contribution in [-0.2, 0) is 10.0 Å². The lowest BCUT2D eigenvalue weighted by Gasteiger charge is -2.11. The Labute approximate surface area is 142 Å². The molecule has 0 aromatic heterocycles. The number of amides is 1. The summed E-state index contributed by atoms with van der Waals surface area (Å²) in [5, 5.41) is 2.64. The minimum absolute atomic E-state index is 0.0998. The average Bonchev–Trinajstić information content (AvgIpc) is 2.55. The molecule has 0 heterocycles. The van der Waals surface area contributed by atoms with Crippen LogP contribution in [0.1, 0.15) is 21.5 Å². The number of hydrogen-bond donors (Lipinski definition) is 2. The zero-order chi connectivity index (χ0) is 17.7. The molecule has 0 atom stereocenters. The summed E-state index contributed by atoms with van der Waals surface area (Å²) in [6.07, 6.45) is 1.57. The fourth-order valence-electron chi connectivity index (χ4n) is 2.18. The van der Waals surface area contributed by atoms with E-state index in [-0.39, 0.29) is 10.8 Å². The second-order valence-electron chi connectivity index (χ2n) is 5.45. The topological polar surface area (TPSA) is 75.3 Å². The second kappa shape index (κ2) is 7.31. The van der Waals surface area contributed by atoms with Crippen molar-refractivity contribution in [3.8, 4) is 0 Å². The van der Waals surface area contributed by atoms with Crippen LogP contribution in [0.5, 0.6) is 0 Å². The number of aryl methyl sites for hydroxylation is 2. The summed E-state index contributed by atoms with van der Waals surface area (Å²) in [4.78, 5) is 11.9. The summed E-state index contributed by atoms with van der Waals surface area (Å²) in [5.41, 5.74) is 2.83. The van der Waals surface area contributed by atoms with Crippen molar-refractivity contribution in [1.29, 1.82) is 0 Å². The lowest BCUT2D eigenvalue weighted by Crippen LogP contribution is -2.23. The van der Waals surface area contributed by atoms with Crippen LogP contribution in [0, 0.1) is 13.8 Å². The van der Waals surface area contributed by atoms with E-state index in [1.807, 2.05) is 26.0 Å². The van der Waals surface area contributed by atoms with Gasteiger partial charge in [0.1, 0.15) is 0 Å². The van der Waals surface area contributed by atoms with Gasteiger partial charge in [0.2, 0.25) is 0 Å². The highest BCUT2D eigenvalue weighted by atomic mass is 32.2. The van der Waals surface area contributed by atoms with Crippen molar-refractivity contribution in [2.75, 3.05) is 11.3 Å². The van der Waals surface area contributed by atoms with Crippen molar-refractivity contribution in [2.24, 2.45) is 0 Å². The molecular formula is C18H20N2O3S. The number of rotatable bonds is 6. The maximum atomic E-state index is 12.5. The third kappa shape index (κ3) is 4.23. The minimum atomic E-state index is -3.71. The van der Waals surface area contributed by atoms with E-state index in [1.54, 1.807) is 12.1 Å². The van der Waals surface area contributed by atoms with Crippen LogP contribution >= 0.6 is 0 Å². The maximum Gasteiger partial charge on any atom is 0.261 e. The van der Waals surface area contributed by atoms with Crippen molar-refractivity contribution in [3.05, 3.63) is 71.8 Å². The van der Waals surface area contributed by atoms with Crippen LogP contribution in [0.2, 0.25) is 0 Å². The Morgan fingerprint density at radius 1 is 1.12 bits per heavy atom. The number of nitrogens with one attached hydrogen (secondary N) is 2. The molecule has 0 aliphatic carbocycles. The van der Waals surface area contributed by atoms with Crippen molar-refractivity contribution in [2.45, 2.75) is 18.7 Å². The quantitative estimate of drug-likeness (QED) is 0.791. The maximum absolute atomic E-state index is 12.5. The van der Waals surface area contributed by atoms with Gasteiger partial charge < -0.3 is 5.32 Å². The van der Waals surface area contributed by atoms with Gasteiger partial charge >= 0.3 is 0 Å². The van der Waals surface area contributed by atoms with Gasteiger partial charge in [-0.3, -0.25) is 9.52 Å². The molecule has 0 radical (unpaired) electrons. The van der Waals surface area contributed by atoms with E-state index in [0.717, 1.165) is 11.1 Å². The summed E-state index contributed by atoms with van der Waals surface area (Å²) in [7, 11) is -3.71. The van der Waals surface area contributed by atoms with Crippen molar-refractivity contribution in [3.63, 3.8) is 0 Å². The molecule has 126 valence electrons. The Hall–Kier alpha value is -2.60. The monoisotopic (exact) mass is 344 g/mol. The number of hydrogen-bond acceptors (Lipinski definition) is 3. The van der Waals surface area contributed by atoms with E-state index in [9.17, 15) is 13.2 Å². The van der Waals surface area contributed by atoms with E-state index < -0.39 is 10.0 Å². The van der Waals surface area contributed by atoms with Crippen molar-refractivity contribution in [1.82, 2.24) is 5.32 Å². The fourth-order valence-corrected chi connectivity index (χ4v) is 3.31. The largest absolute Gasteiger partial charge is 0.349 e. The SMILES string of the molecule is C=CCNC(=O)c1ccc(S(=O)(=O)Nc2ccc(C)cc2C)cc1. The van der Waals surface area contributed by atoms with Crippen molar-refractivity contribution >= 4 is 21.6 Å². The predicted octanol–water partition coefficient (Wildman–Crippen LogP) is 3.02. The van der Waals surface area contributed by atoms with Crippen molar-refractivity contribution < 1.29 is 13.2 Å². The van der Waals surface area contributed by atoms with Crippen LogP contribution < -0.4 is 10.0 Å². The molecule has 2 N–H and O–H groups in total. The Morgan fingerprint density at radius 3 is 2.38 bits per heavy atom. The number of carbonyl (C=O) groups is 1. The highest BCUT2D eigenvalue weighted by Crippen LogP contribution is 2.21. The first-order valence-corrected chi connectivity index (χ1v) is 8.91. The zero-order valence-electron chi connectivity index (χ0n) is 13.7. The van der Waals surface area contributed by atoms with E-state index in [4.69, 9.17) is 0 Å². The molecule has 0 unspecified atom stereocenters. The van der Waals surface area contributed by atoms with E-state index in [2.05, 4.69) is 16.6 Å². The summed E-state index contributed by atoms with van der Waals surface area (Å²) >= 11 is 0. The molecule has 1 amide bonds. The summed E-state index contributed by atoms with van der Waals surface area (Å²) < 4.78 is 27.5. The number of anilines is 1. The lowest BCUT2D eigenvalue weighted by molar-refractivity contribution is 0.0958. The molecule has 2 rings (SSSR count). The normalized spacial score (nSPS) is 10.9. The van der Waals surface area contributed by atoms with Gasteiger partial charge in [-0.1, -0.05) is 23.8 Å². The van der Waals surface area contributed by atoms with Gasteiger partial charge in [0.15, 0.2) is 0 Å². The molecule has 0 saturated carbocycles. The van der Waals surface area contributed by atoms with Gasteiger partial charge in [0.05, 0.1) is 10.6 Å². The standard InChI is InChI=1S/C18H20N2O3S/c1-4-11-19-18(21)15-6-8-16(9-7-15)24(22,23)20-17-10-5-13(2)12-14(17)3/h4-10,12,20H,1,11H2,2-3H3,(H,19,21). The number of sulfonamides is 1. The number of benzene rings is 2. The van der Waals surface area contributed by atoms with Crippen LogP contribution in [-0.4, -0.2) is 20.9 Å². The summed E-state index contributed by atoms with van der Waals surface area (Å²) in [5.74, 6) is -0.277. The van der Waals surface area contributed by atoms with E-state index in [1.165, 1.54) is 24.3 Å². The Bertz CT molecular complexity index is 856. The fraction of sp³-hybridized carbons (Fsp3) is 0.167. The van der Waals surface area contributed by atoms with Gasteiger partial charge in [-0.2, -0.15) is 0 Å². The second-order valence-corrected chi connectivity index (χ2v) is 7.13. The van der Waals surface area contributed by atoms with Crippen LogP contribution in [0.3, 0.4) is 0 Å². The highest BCUT2D eigenvalue weighted by Gasteiger charge is 2.16. The highest BCUT2D eigenvalue weighted by molar-refractivity contribution is 7.92. The van der Waals surface area contributed by atoms with Gasteiger partial charge in [-0.25, -0.2) is 8.42 Å². The molecule has 5 nitrogen and oxygen atoms in total. The summed E-state index contributed by atoms with van der Waals surface area (Å²) in [6.45, 7) is 7.67. The van der Waals surface area contributed by atoms with Crippen LogP contribution in [0.15, 0.2) is 60.0 Å². The van der Waals surface area contributed by atoms with Gasteiger partial charge in [0, 0.05) is 12.1 Å². The molecule has 2 aromatic rings. The van der Waals surface area contributed by atoms with Crippen LogP contribution in [0.4, 0.5) is 5.69 Å². The summed E-state index contributed by atoms with van der Waals surface area (Å²) in [6, 6.07) is 11.3. The molecule has 24 heavy (non-hydrogen) atoms. The Morgan fingerprint density at radius 2 is 1.79 bits per heavy atom. The molecule has 0 spiro atoms. The van der Waals surface area contributed by atoms with Gasteiger partial charge in [-0.05, 0) is 49.7 Å². The van der Waals surface area contributed by atoms with Crippen LogP contribution in [0.25, 0.3) is 0 Å². The first-order chi connectivity index (χ1) is 11.3. The third-order valence-corrected chi connectivity index (χ3v) is 4.84. The third-order valence-electron chi connectivity index (χ3n) is 3.46. The first kappa shape index (κ1) is 17.7. The predicted molar refractivity (Wildman–Crippen MR) is 95.7 cm³/mol. The van der Waals surface area contributed by atoms with Gasteiger partial charge in [-0.15, -0.1) is 6.58 Å². The number of carbonyl (C=O) groups excluding carboxylic acids is 1. The smallest absolute Gasteiger partial charge is 0.261 e. The van der Waals surface area contributed by atoms with E-state index in [0.29, 0.717) is 17.8 Å². The molecule has 0 aliphatic rings. The average molecular weight is 344 g/mol. The zero-order valence-corrected chi connectivity index (χ0v) is 14.5. The molecule has 0 bridgehead atoms. The molecule has 0 aliphatic heterocycles. The Balaban J connectivity index is 2.20. The molecule has 6 heteroatoms. The van der Waals surface area contributed by atoms with Gasteiger partial charge in [0.25, 0.3) is 15.9 Å². The minimum Gasteiger partial charge on any atom is -0.349 e. The Kier molecular flexibility index (Phi) is 5.41. The van der Waals surface area contributed by atoms with E-state index >= 15 is 0 Å².